The van der Waals surface area contributed by atoms with Gasteiger partial charge in [0.15, 0.2) is 0 Å². The predicted octanol–water partition coefficient (Wildman–Crippen LogP) is 4.03. The van der Waals surface area contributed by atoms with Crippen molar-refractivity contribution in [2.24, 2.45) is 0 Å². The first-order chi connectivity index (χ1) is 9.22. The molecule has 0 saturated carbocycles. The fourth-order valence-corrected chi connectivity index (χ4v) is 3.42. The number of nitrogens with zero attached hydrogens (tertiary/aromatic N) is 1. The van der Waals surface area contributed by atoms with Gasteiger partial charge in [0.25, 0.3) is 0 Å². The summed E-state index contributed by atoms with van der Waals surface area (Å²) in [4.78, 5) is 3.69. The van der Waals surface area contributed by atoms with Gasteiger partial charge in [-0.25, -0.2) is 0 Å². The van der Waals surface area contributed by atoms with Crippen LogP contribution >= 0.6 is 23.4 Å². The Morgan fingerprint density at radius 1 is 1.16 bits per heavy atom. The largest absolute Gasteiger partial charge is 0.399 e. The van der Waals surface area contributed by atoms with Crippen molar-refractivity contribution >= 4 is 34.7 Å². The molecule has 0 atom stereocenters. The van der Waals surface area contributed by atoms with Crippen LogP contribution in [0.5, 0.6) is 0 Å². The molecule has 0 radical (unpaired) electrons. The monoisotopic (exact) mass is 290 g/mol. The maximum absolute atomic E-state index is 5.92. The highest BCUT2D eigenvalue weighted by Gasteiger charge is 2.17. The molecule has 2 N–H and O–H groups in total. The number of hydrogen-bond acceptors (Lipinski definition) is 3. The summed E-state index contributed by atoms with van der Waals surface area (Å²) in [6.45, 7) is 1.94. The van der Waals surface area contributed by atoms with E-state index in [1.54, 1.807) is 0 Å². The third kappa shape index (κ3) is 2.82. The van der Waals surface area contributed by atoms with Crippen LogP contribution in [-0.2, 0) is 6.54 Å². The number of rotatable bonds is 2. The molecular formula is C15H15ClN2S. The van der Waals surface area contributed by atoms with Crippen LogP contribution in [0.15, 0.2) is 47.4 Å². The highest BCUT2D eigenvalue weighted by Crippen LogP contribution is 2.36. The molecule has 3 rings (SSSR count). The fraction of sp³-hybridized carbons (Fsp3) is 0.200. The molecule has 98 valence electrons. The van der Waals surface area contributed by atoms with E-state index in [0.29, 0.717) is 0 Å². The molecule has 0 saturated heterocycles. The normalized spacial score (nSPS) is 14.3. The van der Waals surface area contributed by atoms with E-state index in [0.717, 1.165) is 29.6 Å². The van der Waals surface area contributed by atoms with Crippen LogP contribution < -0.4 is 10.6 Å². The number of nitrogens with two attached hydrogens (primary N) is 1. The Balaban J connectivity index is 1.87. The van der Waals surface area contributed by atoms with Crippen molar-refractivity contribution < 1.29 is 0 Å². The Morgan fingerprint density at radius 2 is 1.95 bits per heavy atom. The Kier molecular flexibility index (Phi) is 3.58. The maximum atomic E-state index is 5.92. The van der Waals surface area contributed by atoms with Crippen molar-refractivity contribution in [1.29, 1.82) is 0 Å². The summed E-state index contributed by atoms with van der Waals surface area (Å²) in [6.07, 6.45) is 0. The number of anilines is 2. The maximum Gasteiger partial charge on any atom is 0.0528 e. The molecule has 1 heterocycles. The number of fused-ring (bicyclic) bond motifs is 1. The molecule has 4 heteroatoms. The topological polar surface area (TPSA) is 29.3 Å². The third-order valence-corrected chi connectivity index (χ3v) is 4.52. The van der Waals surface area contributed by atoms with Gasteiger partial charge in [-0.05, 0) is 35.9 Å². The highest BCUT2D eigenvalue weighted by atomic mass is 35.5. The standard InChI is InChI=1S/C15H15ClN2S/c16-12-3-1-11(2-4-12)10-18-7-8-19-15-6-5-13(17)9-14(15)18/h1-6,9H,7-8,10,17H2. The van der Waals surface area contributed by atoms with E-state index in [4.69, 9.17) is 17.3 Å². The second-order valence-corrected chi connectivity index (χ2v) is 6.20. The van der Waals surface area contributed by atoms with E-state index in [1.165, 1.54) is 16.1 Å². The first kappa shape index (κ1) is 12.7. The number of benzene rings is 2. The quantitative estimate of drug-likeness (QED) is 0.847. The first-order valence-electron chi connectivity index (χ1n) is 6.24. The predicted molar refractivity (Wildman–Crippen MR) is 84.1 cm³/mol. The lowest BCUT2D eigenvalue weighted by Crippen LogP contribution is -2.28. The molecule has 1 aliphatic rings. The van der Waals surface area contributed by atoms with Crippen molar-refractivity contribution in [3.63, 3.8) is 0 Å². The lowest BCUT2D eigenvalue weighted by atomic mass is 10.2. The summed E-state index contributed by atoms with van der Waals surface area (Å²) in [5, 5.41) is 0.780. The van der Waals surface area contributed by atoms with Crippen LogP contribution in [0.1, 0.15) is 5.56 Å². The van der Waals surface area contributed by atoms with Gasteiger partial charge in [0.2, 0.25) is 0 Å². The zero-order valence-corrected chi connectivity index (χ0v) is 12.0. The Morgan fingerprint density at radius 3 is 2.74 bits per heavy atom. The lowest BCUT2D eigenvalue weighted by Gasteiger charge is -2.31. The van der Waals surface area contributed by atoms with Gasteiger partial charge >= 0.3 is 0 Å². The molecule has 1 aliphatic heterocycles. The van der Waals surface area contributed by atoms with E-state index in [-0.39, 0.29) is 0 Å². The SMILES string of the molecule is Nc1ccc2c(c1)N(Cc1ccc(Cl)cc1)CCS2. The summed E-state index contributed by atoms with van der Waals surface area (Å²) < 4.78 is 0. The van der Waals surface area contributed by atoms with Gasteiger partial charge in [0.05, 0.1) is 5.69 Å². The molecule has 0 aliphatic carbocycles. The molecular weight excluding hydrogens is 276 g/mol. The van der Waals surface area contributed by atoms with Gasteiger partial charge < -0.3 is 10.6 Å². The van der Waals surface area contributed by atoms with Crippen molar-refractivity contribution in [3.05, 3.63) is 53.1 Å². The van der Waals surface area contributed by atoms with Gasteiger partial charge in [0.1, 0.15) is 0 Å². The zero-order valence-electron chi connectivity index (χ0n) is 10.5. The van der Waals surface area contributed by atoms with Crippen LogP contribution in [0.2, 0.25) is 5.02 Å². The minimum atomic E-state index is 0.780. The summed E-state index contributed by atoms with van der Waals surface area (Å²) >= 11 is 7.82. The lowest BCUT2D eigenvalue weighted by molar-refractivity contribution is 0.818. The molecule has 19 heavy (non-hydrogen) atoms. The minimum Gasteiger partial charge on any atom is -0.399 e. The van der Waals surface area contributed by atoms with Crippen LogP contribution in [0.25, 0.3) is 0 Å². The van der Waals surface area contributed by atoms with Gasteiger partial charge in [-0.1, -0.05) is 23.7 Å². The van der Waals surface area contributed by atoms with Gasteiger partial charge in [-0.15, -0.1) is 11.8 Å². The summed E-state index contributed by atoms with van der Waals surface area (Å²) in [5.41, 5.74) is 9.24. The number of thioether (sulfide) groups is 1. The number of nitrogen functional groups attached to an aromatic ring is 1. The smallest absolute Gasteiger partial charge is 0.0528 e. The zero-order chi connectivity index (χ0) is 13.2. The van der Waals surface area contributed by atoms with Crippen molar-refractivity contribution in [2.75, 3.05) is 22.9 Å². The minimum absolute atomic E-state index is 0.780. The molecule has 0 spiro atoms. The number of hydrogen-bond donors (Lipinski definition) is 1. The molecule has 2 aromatic carbocycles. The van der Waals surface area contributed by atoms with Gasteiger partial charge in [0, 0.05) is 34.4 Å². The Labute approximate surface area is 122 Å². The van der Waals surface area contributed by atoms with Gasteiger partial charge in [-0.2, -0.15) is 0 Å². The van der Waals surface area contributed by atoms with E-state index in [1.807, 2.05) is 30.0 Å². The molecule has 0 aromatic heterocycles. The fourth-order valence-electron chi connectivity index (χ4n) is 2.26. The highest BCUT2D eigenvalue weighted by molar-refractivity contribution is 7.99. The van der Waals surface area contributed by atoms with Crippen LogP contribution in [0, 0.1) is 0 Å². The molecule has 0 unspecified atom stereocenters. The van der Waals surface area contributed by atoms with E-state index in [2.05, 4.69) is 29.2 Å². The Hall–Kier alpha value is -1.32. The molecule has 2 nitrogen and oxygen atoms in total. The average molecular weight is 291 g/mol. The van der Waals surface area contributed by atoms with Crippen LogP contribution in [-0.4, -0.2) is 12.3 Å². The molecule has 2 aromatic rings. The van der Waals surface area contributed by atoms with Crippen molar-refractivity contribution in [3.8, 4) is 0 Å². The van der Waals surface area contributed by atoms with Gasteiger partial charge in [-0.3, -0.25) is 0 Å². The second kappa shape index (κ2) is 5.35. The van der Waals surface area contributed by atoms with Crippen LogP contribution in [0.4, 0.5) is 11.4 Å². The van der Waals surface area contributed by atoms with E-state index >= 15 is 0 Å². The van der Waals surface area contributed by atoms with Crippen molar-refractivity contribution in [2.45, 2.75) is 11.4 Å². The molecule has 0 amide bonds. The molecule has 0 fully saturated rings. The van der Waals surface area contributed by atoms with Crippen LogP contribution in [0.3, 0.4) is 0 Å². The summed E-state index contributed by atoms with van der Waals surface area (Å²) in [7, 11) is 0. The first-order valence-corrected chi connectivity index (χ1v) is 7.60. The third-order valence-electron chi connectivity index (χ3n) is 3.23. The molecule has 0 bridgehead atoms. The number of halogens is 1. The van der Waals surface area contributed by atoms with Crippen molar-refractivity contribution in [1.82, 2.24) is 0 Å². The summed E-state index contributed by atoms with van der Waals surface area (Å²) in [5.74, 6) is 1.12. The second-order valence-electron chi connectivity index (χ2n) is 4.62. The Bertz CT molecular complexity index is 583. The van der Waals surface area contributed by atoms with E-state index in [9.17, 15) is 0 Å². The average Bonchev–Trinajstić information content (AvgIpc) is 2.42. The van der Waals surface area contributed by atoms with E-state index < -0.39 is 0 Å². The summed E-state index contributed by atoms with van der Waals surface area (Å²) in [6, 6.07) is 14.2.